The third-order valence-corrected chi connectivity index (χ3v) is 25.2. The minimum absolute atomic E-state index is 0.664. The maximum absolute atomic E-state index is 5.30. The van der Waals surface area contributed by atoms with Crippen molar-refractivity contribution < 1.29 is 18.6 Å². The lowest BCUT2D eigenvalue weighted by Crippen LogP contribution is -2.23. The molecule has 0 saturated heterocycles. The summed E-state index contributed by atoms with van der Waals surface area (Å²) in [5.74, 6) is 15.1. The Labute approximate surface area is 803 Å². The van der Waals surface area contributed by atoms with E-state index in [1.165, 1.54) is 138 Å². The monoisotopic (exact) mass is 1850 g/mol. The maximum Gasteiger partial charge on any atom is 0.168 e. The van der Waals surface area contributed by atoms with E-state index in [1.807, 2.05) is 170 Å². The number of para-hydroxylation sites is 3. The SMILES string of the molecule is C1CC2CCC1C2.c1cc2c(cn1)CCCN2.c1cc2c(nn1)NCCC2.c1ccc2c(c1)CCNC2.c1ccc2c(c1)OCCO2.c1ccc2occc2c1.c1cnc2c(c1)CCCCN2.c1cnc2c(c1)CCCN2.c1cnc2c(c1)CCN2.c1cnc2c(c1)NCCN2.c1cnc2c(c1)OCCN2.c1cnc2c(c1)SCCN2.c1cnc2c(n1)CCCN2.c1ncc2c(n1)NCCC2. The number of benzene rings is 3. The fourth-order valence-corrected chi connectivity index (χ4v) is 18.0. The van der Waals surface area contributed by atoms with E-state index in [9.17, 15) is 0 Å². The second kappa shape index (κ2) is 55.0. The van der Waals surface area contributed by atoms with Crippen LogP contribution in [0.3, 0.4) is 0 Å². The van der Waals surface area contributed by atoms with Crippen molar-refractivity contribution in [1.29, 1.82) is 0 Å². The highest BCUT2D eigenvalue weighted by Gasteiger charge is 2.31. The van der Waals surface area contributed by atoms with Gasteiger partial charge in [0.1, 0.15) is 72.5 Å². The van der Waals surface area contributed by atoms with Crippen LogP contribution in [0.4, 0.5) is 63.7 Å². The molecule has 0 spiro atoms. The fraction of sp³-hybridized carbons (Fsp3) is 0.368. The predicted molar refractivity (Wildman–Crippen MR) is 549 cm³/mol. The first-order valence-electron chi connectivity index (χ1n) is 48.4. The molecule has 30 heteroatoms. The summed E-state index contributed by atoms with van der Waals surface area (Å²) in [6.45, 7) is 15.5. The summed E-state index contributed by atoms with van der Waals surface area (Å²) in [7, 11) is 0. The molecule has 0 radical (unpaired) electrons. The third kappa shape index (κ3) is 31.3. The Morgan fingerprint density at radius 3 is 1.48 bits per heavy atom. The number of aromatic nitrogens is 13. The lowest BCUT2D eigenvalue weighted by atomic mass is 10.0. The number of anilines is 11. The summed E-state index contributed by atoms with van der Waals surface area (Å²) in [4.78, 5) is 46.8. The minimum Gasteiger partial charge on any atom is -0.488 e. The van der Waals surface area contributed by atoms with Gasteiger partial charge >= 0.3 is 0 Å². The molecule has 0 atom stereocenters. The standard InChI is InChI=1S/C9H12N2.C9H11N.2C8H10N2.C8H8O2.C8H6O.4C7H9N3.C7H8N2O.C7H8N2S.C7H8N2.C7H12/c1-2-6-10-9-8(4-1)5-3-7-11-9;1-2-4-9-7-10-6-5-8(9)3-1;1-3-7-4-2-6-10-8(7)9-5-1;1-2-7-6-9-5-3-8(7)10-4-1;1-2-4-8-7(3-1)9-5-6-10-8;1-2-4-8-7(3-1)5-6-9-8;1-2-6-3-5-9-10-7(6)8-4-1;1-2-6-4-8-5-10-7(6)9-3-1;2*1-2-6-7(9-3-1)10-5-4-8-6;2*1-2-6-7(8-3-1)9-4-5-10-6;1-2-6-3-5-9-7(6)8-4-1;1-2-7-4-3-6(1)5-7/h3,5,7H,1-2,4,6H2,(H,10,11);1-4,10H,5-7H2;1,3,5H,2,4,6H2,(H,9,10);3,5-6,10H,1-2,4H2;1-4H,5-6H2;1-6H;3,5H,1-2,4H2,(H,8,10);4-5H,1-3H2,(H,8,9,10);4-5H,1-3H2,(H,9,10);1-3,8H,4-5H2,(H,9,10);2*1-3H,4-5H2,(H,8,9);1-2,4H,3,5H2,(H,8,9);6-7H,1-5H2. The lowest BCUT2D eigenvalue weighted by Gasteiger charge is -2.17. The Kier molecular flexibility index (Phi) is 39.1. The quantitative estimate of drug-likeness (QED) is 0.0671. The number of hydrogen-bond donors (Lipinski definition) is 12. The van der Waals surface area contributed by atoms with Gasteiger partial charge in [0.25, 0.3) is 0 Å². The number of nitrogens with zero attached hydrogens (tertiary/aromatic N) is 13. The van der Waals surface area contributed by atoms with E-state index in [1.54, 1.807) is 75.7 Å². The summed E-state index contributed by atoms with van der Waals surface area (Å²) in [5.41, 5.74) is 15.4. The molecule has 2 fully saturated rings. The molecule has 2 saturated carbocycles. The number of rotatable bonds is 0. The number of fused-ring (bicyclic) bond motifs is 15. The van der Waals surface area contributed by atoms with Crippen LogP contribution in [0.2, 0.25) is 0 Å². The van der Waals surface area contributed by atoms with Crippen molar-refractivity contribution in [3.05, 3.63) is 301 Å². The highest BCUT2D eigenvalue weighted by molar-refractivity contribution is 7.99. The van der Waals surface area contributed by atoms with Crippen LogP contribution in [-0.4, -0.2) is 169 Å². The number of pyridine rings is 7. The van der Waals surface area contributed by atoms with E-state index in [-0.39, 0.29) is 0 Å². The second-order valence-electron chi connectivity index (χ2n) is 33.9. The zero-order chi connectivity index (χ0) is 92.5. The molecule has 0 unspecified atom stereocenters. The average Bonchev–Trinajstić information content (AvgIpc) is 1.77. The maximum atomic E-state index is 5.30. The van der Waals surface area contributed by atoms with Gasteiger partial charge in [0.2, 0.25) is 0 Å². The van der Waals surface area contributed by atoms with Crippen LogP contribution in [0.5, 0.6) is 17.2 Å². The van der Waals surface area contributed by atoms with Crippen LogP contribution >= 0.6 is 11.8 Å². The first kappa shape index (κ1) is 96.6. The number of ether oxygens (including phenoxy) is 3. The summed E-state index contributed by atoms with van der Waals surface area (Å²) in [5, 5.41) is 47.7. The minimum atomic E-state index is 0.664. The van der Waals surface area contributed by atoms with Gasteiger partial charge in [-0.3, -0.25) is 9.97 Å². The van der Waals surface area contributed by atoms with Crippen molar-refractivity contribution in [3.8, 4) is 17.2 Å². The zero-order valence-electron chi connectivity index (χ0n) is 77.8. The summed E-state index contributed by atoms with van der Waals surface area (Å²) < 4.78 is 21.0. The molecule has 14 aliphatic rings. The lowest BCUT2D eigenvalue weighted by molar-refractivity contribution is 0.171. The van der Waals surface area contributed by atoms with E-state index in [0.717, 1.165) is 215 Å². The van der Waals surface area contributed by atoms with E-state index in [0.29, 0.717) is 13.2 Å². The Morgan fingerprint density at radius 2 is 0.801 bits per heavy atom. The van der Waals surface area contributed by atoms with Crippen molar-refractivity contribution in [3.63, 3.8) is 0 Å². The molecular formula is C106H129N25O4S. The van der Waals surface area contributed by atoms with Gasteiger partial charge in [-0.2, -0.15) is 5.10 Å². The first-order chi connectivity index (χ1) is 67.5. The normalized spacial score (nSPS) is 16.8. The fourth-order valence-electron chi connectivity index (χ4n) is 17.2. The molecule has 14 aromatic rings. The molecule has 23 heterocycles. The van der Waals surface area contributed by atoms with E-state index in [4.69, 9.17) is 18.6 Å². The van der Waals surface area contributed by atoms with Crippen LogP contribution in [0, 0.1) is 11.8 Å². The Bertz CT molecular complexity index is 4680. The number of furan rings is 1. The molecule has 2 bridgehead atoms. The van der Waals surface area contributed by atoms with E-state index in [2.05, 4.69) is 177 Å². The smallest absolute Gasteiger partial charge is 0.168 e. The van der Waals surface area contributed by atoms with Crippen LogP contribution in [-0.2, 0) is 57.9 Å². The molecule has 29 nitrogen and oxygen atoms in total. The molecule has 12 aliphatic heterocycles. The van der Waals surface area contributed by atoms with Gasteiger partial charge in [-0.25, -0.2) is 44.9 Å². The molecule has 28 rings (SSSR count). The molecular weight excluding hydrogens is 1720 g/mol. The van der Waals surface area contributed by atoms with Crippen LogP contribution in [0.15, 0.2) is 260 Å². The Balaban J connectivity index is 0.000000111. The summed E-state index contributed by atoms with van der Waals surface area (Å²) >= 11 is 1.86. The molecule has 708 valence electrons. The van der Waals surface area contributed by atoms with Crippen molar-refractivity contribution in [2.75, 3.05) is 163 Å². The van der Waals surface area contributed by atoms with Crippen LogP contribution in [0.25, 0.3) is 11.0 Å². The Hall–Kier alpha value is -14.0. The zero-order valence-corrected chi connectivity index (χ0v) is 78.7. The second-order valence-corrected chi connectivity index (χ2v) is 35.0. The third-order valence-electron chi connectivity index (χ3n) is 24.2. The number of hydrogen-bond acceptors (Lipinski definition) is 30. The number of thioether (sulfide) groups is 1. The van der Waals surface area contributed by atoms with E-state index >= 15 is 0 Å². The number of nitrogens with one attached hydrogen (secondary N) is 12. The molecule has 12 N–H and O–H groups in total. The van der Waals surface area contributed by atoms with Crippen LogP contribution < -0.4 is 78.0 Å². The largest absolute Gasteiger partial charge is 0.488 e. The first-order valence-corrected chi connectivity index (χ1v) is 49.4. The van der Waals surface area contributed by atoms with Crippen molar-refractivity contribution in [2.45, 2.75) is 140 Å². The van der Waals surface area contributed by atoms with Gasteiger partial charge in [0.05, 0.1) is 30.4 Å². The van der Waals surface area contributed by atoms with Gasteiger partial charge in [-0.15, -0.1) is 16.9 Å². The molecule has 3 aromatic carbocycles. The highest BCUT2D eigenvalue weighted by Crippen LogP contribution is 2.44. The van der Waals surface area contributed by atoms with Gasteiger partial charge in [-0.1, -0.05) is 98.5 Å². The van der Waals surface area contributed by atoms with Crippen LogP contribution in [0.1, 0.15) is 127 Å². The summed E-state index contributed by atoms with van der Waals surface area (Å²) in [6, 6.07) is 54.5. The molecule has 11 aromatic heterocycles. The van der Waals surface area contributed by atoms with Gasteiger partial charge in [-0.05, 0) is 251 Å². The summed E-state index contributed by atoms with van der Waals surface area (Å²) in [6.07, 6.45) is 50.6. The van der Waals surface area contributed by atoms with Crippen molar-refractivity contribution in [1.82, 2.24) is 70.3 Å². The van der Waals surface area contributed by atoms with Crippen molar-refractivity contribution >= 4 is 86.5 Å². The predicted octanol–water partition coefficient (Wildman–Crippen LogP) is 19.1. The van der Waals surface area contributed by atoms with Crippen molar-refractivity contribution in [2.24, 2.45) is 11.8 Å². The molecule has 0 amide bonds. The molecule has 2 aliphatic carbocycles. The van der Waals surface area contributed by atoms with Gasteiger partial charge in [0.15, 0.2) is 28.9 Å². The topological polar surface area (TPSA) is 353 Å². The average molecular weight is 1850 g/mol. The molecule has 136 heavy (non-hydrogen) atoms. The van der Waals surface area contributed by atoms with Gasteiger partial charge < -0.3 is 82.4 Å². The van der Waals surface area contributed by atoms with E-state index < -0.39 is 0 Å². The highest BCUT2D eigenvalue weighted by atomic mass is 32.2. The number of aryl methyl sites for hydroxylation is 6. The van der Waals surface area contributed by atoms with Gasteiger partial charge in [0, 0.05) is 167 Å². The Morgan fingerprint density at radius 1 is 0.294 bits per heavy atom.